The van der Waals surface area contributed by atoms with Gasteiger partial charge in [-0.25, -0.2) is 4.79 Å². The van der Waals surface area contributed by atoms with Gasteiger partial charge in [0, 0.05) is 5.69 Å². The second-order valence-corrected chi connectivity index (χ2v) is 3.68. The van der Waals surface area contributed by atoms with E-state index in [4.69, 9.17) is 26.4 Å². The van der Waals surface area contributed by atoms with Gasteiger partial charge >= 0.3 is 11.9 Å². The Hall–Kier alpha value is -2.12. The van der Waals surface area contributed by atoms with Gasteiger partial charge in [-0.2, -0.15) is 0 Å². The van der Waals surface area contributed by atoms with Crippen LogP contribution in [0.25, 0.3) is 0 Å². The lowest BCUT2D eigenvalue weighted by Gasteiger charge is -2.17. The molecule has 1 aromatic carbocycles. The summed E-state index contributed by atoms with van der Waals surface area (Å²) in [6.07, 6.45) is -1.61. The van der Waals surface area contributed by atoms with E-state index in [1.165, 1.54) is 0 Å². The molecular weight excluding hydrogens is 240 g/mol. The topological polar surface area (TPSA) is 136 Å². The van der Waals surface area contributed by atoms with Crippen LogP contribution in [0.3, 0.4) is 0 Å². The quantitative estimate of drug-likeness (QED) is 0.509. The van der Waals surface area contributed by atoms with E-state index in [1.807, 2.05) is 0 Å². The fraction of sp³-hybridized carbons (Fsp3) is 0.273. The lowest BCUT2D eigenvalue weighted by atomic mass is 10.1. The number of nitrogen functional groups attached to an aromatic ring is 1. The van der Waals surface area contributed by atoms with Gasteiger partial charge in [0.2, 0.25) is 0 Å². The summed E-state index contributed by atoms with van der Waals surface area (Å²) in [6, 6.07) is 5.01. The highest BCUT2D eigenvalue weighted by Gasteiger charge is 2.31. The Morgan fingerprint density at radius 3 is 2.44 bits per heavy atom. The Morgan fingerprint density at radius 2 is 1.94 bits per heavy atom. The number of hydrogen-bond donors (Lipinski definition) is 4. The third-order valence-electron chi connectivity index (χ3n) is 2.24. The molecule has 18 heavy (non-hydrogen) atoms. The molecule has 0 amide bonds. The van der Waals surface area contributed by atoms with Gasteiger partial charge in [-0.1, -0.05) is 12.1 Å². The predicted octanol–water partition coefficient (Wildman–Crippen LogP) is -0.349. The van der Waals surface area contributed by atoms with Crippen molar-refractivity contribution in [2.75, 3.05) is 5.73 Å². The standard InChI is InChI=1S/C11H14N2O5/c12-7-3-1-2-6(4-7)5-18-9(11(16)17)8(13)10(14)15/h1-4,8-9H,5,12-13H2,(H,14,15)(H,16,17)/t8-,9-/m0/s1. The van der Waals surface area contributed by atoms with Gasteiger partial charge in [-0.3, -0.25) is 4.79 Å². The summed E-state index contributed by atoms with van der Waals surface area (Å²) >= 11 is 0. The minimum absolute atomic E-state index is 0.0804. The van der Waals surface area contributed by atoms with Crippen molar-refractivity contribution in [1.29, 1.82) is 0 Å². The molecule has 0 aliphatic carbocycles. The van der Waals surface area contributed by atoms with Crippen molar-refractivity contribution in [3.63, 3.8) is 0 Å². The molecule has 0 unspecified atom stereocenters. The SMILES string of the molecule is Nc1cccc(CO[C@H](C(=O)O)[C@H](N)C(=O)O)c1. The van der Waals surface area contributed by atoms with E-state index in [0.29, 0.717) is 11.3 Å². The summed E-state index contributed by atoms with van der Waals surface area (Å²) in [5.41, 5.74) is 11.9. The van der Waals surface area contributed by atoms with Crippen molar-refractivity contribution in [1.82, 2.24) is 0 Å². The van der Waals surface area contributed by atoms with Gasteiger partial charge in [0.05, 0.1) is 6.61 Å². The fourth-order valence-corrected chi connectivity index (χ4v) is 1.33. The first kappa shape index (κ1) is 13.9. The van der Waals surface area contributed by atoms with E-state index in [0.717, 1.165) is 0 Å². The largest absolute Gasteiger partial charge is 0.480 e. The van der Waals surface area contributed by atoms with Crippen LogP contribution in [0.1, 0.15) is 5.56 Å². The average Bonchev–Trinajstić information content (AvgIpc) is 2.28. The highest BCUT2D eigenvalue weighted by molar-refractivity contribution is 5.84. The van der Waals surface area contributed by atoms with Crippen LogP contribution in [0.15, 0.2) is 24.3 Å². The van der Waals surface area contributed by atoms with Gasteiger partial charge in [-0.05, 0) is 17.7 Å². The summed E-state index contributed by atoms with van der Waals surface area (Å²) in [6.45, 7) is -0.0804. The van der Waals surface area contributed by atoms with Gasteiger partial charge in [0.15, 0.2) is 6.10 Å². The first-order valence-corrected chi connectivity index (χ1v) is 5.09. The Labute approximate surface area is 103 Å². The fourth-order valence-electron chi connectivity index (χ4n) is 1.33. The minimum Gasteiger partial charge on any atom is -0.480 e. The van der Waals surface area contributed by atoms with E-state index in [2.05, 4.69) is 0 Å². The molecule has 0 saturated heterocycles. The molecule has 1 aromatic rings. The molecule has 0 radical (unpaired) electrons. The number of nitrogens with two attached hydrogens (primary N) is 2. The minimum atomic E-state index is -1.62. The summed E-state index contributed by atoms with van der Waals surface area (Å²) in [5, 5.41) is 17.5. The number of benzene rings is 1. The van der Waals surface area contributed by atoms with Gasteiger partial charge in [0.25, 0.3) is 0 Å². The molecule has 7 nitrogen and oxygen atoms in total. The average molecular weight is 254 g/mol. The van der Waals surface area contributed by atoms with Crippen LogP contribution in [0.4, 0.5) is 5.69 Å². The third kappa shape index (κ3) is 3.72. The highest BCUT2D eigenvalue weighted by Crippen LogP contribution is 2.10. The first-order valence-electron chi connectivity index (χ1n) is 5.09. The normalized spacial score (nSPS) is 13.8. The number of ether oxygens (including phenoxy) is 1. The predicted molar refractivity (Wildman–Crippen MR) is 62.7 cm³/mol. The van der Waals surface area contributed by atoms with Crippen LogP contribution in [0.5, 0.6) is 0 Å². The maximum absolute atomic E-state index is 10.8. The molecule has 0 bridgehead atoms. The van der Waals surface area contributed by atoms with Crippen LogP contribution in [-0.4, -0.2) is 34.3 Å². The second-order valence-electron chi connectivity index (χ2n) is 3.68. The molecule has 0 saturated carbocycles. The van der Waals surface area contributed by atoms with Crippen LogP contribution >= 0.6 is 0 Å². The number of carboxylic acids is 2. The maximum atomic E-state index is 10.8. The molecule has 0 heterocycles. The summed E-state index contributed by atoms with van der Waals surface area (Å²) in [4.78, 5) is 21.5. The van der Waals surface area contributed by atoms with Crippen molar-refractivity contribution in [2.45, 2.75) is 18.8 Å². The van der Waals surface area contributed by atoms with Gasteiger partial charge in [-0.15, -0.1) is 0 Å². The van der Waals surface area contributed by atoms with Crippen molar-refractivity contribution in [3.05, 3.63) is 29.8 Å². The van der Waals surface area contributed by atoms with E-state index in [-0.39, 0.29) is 6.61 Å². The lowest BCUT2D eigenvalue weighted by Crippen LogP contribution is -2.47. The molecule has 7 heteroatoms. The van der Waals surface area contributed by atoms with Crippen molar-refractivity contribution in [3.8, 4) is 0 Å². The number of rotatable bonds is 6. The molecule has 0 spiro atoms. The molecule has 0 aromatic heterocycles. The molecule has 98 valence electrons. The zero-order valence-electron chi connectivity index (χ0n) is 9.45. The highest BCUT2D eigenvalue weighted by atomic mass is 16.5. The number of hydrogen-bond acceptors (Lipinski definition) is 5. The first-order chi connectivity index (χ1) is 8.41. The molecule has 0 aliphatic heterocycles. The van der Waals surface area contributed by atoms with Crippen LogP contribution < -0.4 is 11.5 Å². The van der Waals surface area contributed by atoms with Gasteiger partial charge < -0.3 is 26.4 Å². The summed E-state index contributed by atoms with van der Waals surface area (Å²) in [5.74, 6) is -2.86. The summed E-state index contributed by atoms with van der Waals surface area (Å²) in [7, 11) is 0. The number of aliphatic carboxylic acids is 2. The molecule has 6 N–H and O–H groups in total. The number of anilines is 1. The smallest absolute Gasteiger partial charge is 0.335 e. The monoisotopic (exact) mass is 254 g/mol. The zero-order chi connectivity index (χ0) is 13.7. The number of carbonyl (C=O) groups is 2. The molecule has 0 fully saturated rings. The Kier molecular flexibility index (Phi) is 4.64. The van der Waals surface area contributed by atoms with E-state index in [1.54, 1.807) is 24.3 Å². The maximum Gasteiger partial charge on any atom is 0.335 e. The Bertz CT molecular complexity index is 449. The second kappa shape index (κ2) is 5.99. The molecular formula is C11H14N2O5. The van der Waals surface area contributed by atoms with E-state index >= 15 is 0 Å². The van der Waals surface area contributed by atoms with Crippen molar-refractivity contribution < 1.29 is 24.5 Å². The summed E-state index contributed by atoms with van der Waals surface area (Å²) < 4.78 is 5.01. The van der Waals surface area contributed by atoms with Crippen LogP contribution in [0.2, 0.25) is 0 Å². The van der Waals surface area contributed by atoms with E-state index in [9.17, 15) is 9.59 Å². The van der Waals surface area contributed by atoms with Crippen molar-refractivity contribution >= 4 is 17.6 Å². The number of carboxylic acid groups (broad SMARTS) is 2. The van der Waals surface area contributed by atoms with Gasteiger partial charge in [0.1, 0.15) is 6.04 Å². The third-order valence-corrected chi connectivity index (χ3v) is 2.24. The van der Waals surface area contributed by atoms with Crippen LogP contribution in [0, 0.1) is 0 Å². The van der Waals surface area contributed by atoms with E-state index < -0.39 is 24.1 Å². The molecule has 2 atom stereocenters. The Balaban J connectivity index is 2.68. The zero-order valence-corrected chi connectivity index (χ0v) is 9.45. The Morgan fingerprint density at radius 1 is 1.28 bits per heavy atom. The lowest BCUT2D eigenvalue weighted by molar-refractivity contribution is -0.159. The van der Waals surface area contributed by atoms with Crippen molar-refractivity contribution in [2.24, 2.45) is 5.73 Å². The van der Waals surface area contributed by atoms with Crippen LogP contribution in [-0.2, 0) is 20.9 Å². The molecule has 1 rings (SSSR count). The molecule has 0 aliphatic rings.